The molecule has 8 nitrogen and oxygen atoms in total. The fraction of sp³-hybridized carbons (Fsp3) is 0.652. The van der Waals surface area contributed by atoms with Crippen LogP contribution in [0.25, 0.3) is 0 Å². The summed E-state index contributed by atoms with van der Waals surface area (Å²) in [5.74, 6) is 0.688. The number of carbonyl (C=O) groups is 2. The molecule has 3 aliphatic rings. The van der Waals surface area contributed by atoms with E-state index in [0.29, 0.717) is 13.0 Å². The van der Waals surface area contributed by atoms with Gasteiger partial charge in [-0.3, -0.25) is 9.59 Å². The number of carbonyl (C=O) groups excluding carboxylic acids is 2. The third-order valence-corrected chi connectivity index (χ3v) is 6.38. The summed E-state index contributed by atoms with van der Waals surface area (Å²) in [6.45, 7) is 0.139. The van der Waals surface area contributed by atoms with E-state index in [2.05, 4.69) is 10.6 Å². The Morgan fingerprint density at radius 1 is 1.19 bits per heavy atom. The molecule has 31 heavy (non-hydrogen) atoms. The Morgan fingerprint density at radius 3 is 2.68 bits per heavy atom. The molecule has 4 rings (SSSR count). The van der Waals surface area contributed by atoms with Gasteiger partial charge in [0.15, 0.2) is 0 Å². The Bertz CT molecular complexity index is 808. The quantitative estimate of drug-likeness (QED) is 0.607. The molecule has 2 fully saturated rings. The zero-order chi connectivity index (χ0) is 22.0. The van der Waals surface area contributed by atoms with Crippen molar-refractivity contribution >= 4 is 17.5 Å². The standard InChI is InChI=1S/C23H33N3O5/c1-26(2)12-22(29)25-15-7-8-19-17(9-15)18-10-16(30-20(13-27)23(18)31-19)11-21(28)24-14-5-3-4-6-14/h7-9,14,16,18,20,23,27H,3-6,10-13H2,1-2H3,(H,24,28)(H,25,29)/t16-,18+,20-,23-/m0/s1. The maximum absolute atomic E-state index is 12.5. The van der Waals surface area contributed by atoms with Gasteiger partial charge < -0.3 is 30.1 Å². The summed E-state index contributed by atoms with van der Waals surface area (Å²) >= 11 is 0. The summed E-state index contributed by atoms with van der Waals surface area (Å²) in [4.78, 5) is 26.5. The molecule has 2 aliphatic heterocycles. The molecule has 2 amide bonds. The van der Waals surface area contributed by atoms with Crippen LogP contribution in [-0.4, -0.2) is 73.4 Å². The number of benzene rings is 1. The molecule has 0 bridgehead atoms. The van der Waals surface area contributed by atoms with Crippen molar-refractivity contribution in [3.63, 3.8) is 0 Å². The molecule has 0 radical (unpaired) electrons. The molecule has 1 aromatic rings. The van der Waals surface area contributed by atoms with E-state index in [-0.39, 0.29) is 49.0 Å². The van der Waals surface area contributed by atoms with Crippen molar-refractivity contribution in [2.45, 2.75) is 68.8 Å². The third kappa shape index (κ3) is 5.19. The van der Waals surface area contributed by atoms with E-state index in [4.69, 9.17) is 9.47 Å². The Morgan fingerprint density at radius 2 is 1.97 bits per heavy atom. The molecule has 8 heteroatoms. The third-order valence-electron chi connectivity index (χ3n) is 6.38. The van der Waals surface area contributed by atoms with Crippen molar-refractivity contribution in [2.75, 3.05) is 32.6 Å². The van der Waals surface area contributed by atoms with Crippen LogP contribution in [0.5, 0.6) is 5.75 Å². The molecule has 0 unspecified atom stereocenters. The van der Waals surface area contributed by atoms with Gasteiger partial charge in [0.2, 0.25) is 11.8 Å². The van der Waals surface area contributed by atoms with E-state index in [0.717, 1.165) is 29.8 Å². The molecule has 1 aromatic carbocycles. The maximum Gasteiger partial charge on any atom is 0.238 e. The van der Waals surface area contributed by atoms with E-state index < -0.39 is 6.10 Å². The number of hydrogen-bond donors (Lipinski definition) is 3. The van der Waals surface area contributed by atoms with Crippen LogP contribution in [0.2, 0.25) is 0 Å². The molecule has 1 saturated heterocycles. The van der Waals surface area contributed by atoms with Crippen LogP contribution in [-0.2, 0) is 14.3 Å². The van der Waals surface area contributed by atoms with E-state index in [1.165, 1.54) is 12.8 Å². The highest BCUT2D eigenvalue weighted by molar-refractivity contribution is 5.92. The van der Waals surface area contributed by atoms with Gasteiger partial charge in [0, 0.05) is 23.2 Å². The number of hydrogen-bond acceptors (Lipinski definition) is 6. The van der Waals surface area contributed by atoms with Gasteiger partial charge in [-0.05, 0) is 51.6 Å². The van der Waals surface area contributed by atoms with Crippen LogP contribution in [0.4, 0.5) is 5.69 Å². The lowest BCUT2D eigenvalue weighted by Gasteiger charge is -2.37. The highest BCUT2D eigenvalue weighted by Gasteiger charge is 2.46. The average Bonchev–Trinajstić information content (AvgIpc) is 3.34. The lowest BCUT2D eigenvalue weighted by Crippen LogP contribution is -2.47. The molecule has 4 atom stereocenters. The lowest BCUT2D eigenvalue weighted by molar-refractivity contribution is -0.142. The molecule has 170 valence electrons. The summed E-state index contributed by atoms with van der Waals surface area (Å²) in [6, 6.07) is 5.91. The number of rotatable bonds is 7. The molecular formula is C23H33N3O5. The second kappa shape index (κ2) is 9.54. The minimum Gasteiger partial charge on any atom is -0.487 e. The molecule has 0 spiro atoms. The fourth-order valence-electron chi connectivity index (χ4n) is 5.02. The number of amides is 2. The Labute approximate surface area is 183 Å². The highest BCUT2D eigenvalue weighted by Crippen LogP contribution is 2.47. The number of fused-ring (bicyclic) bond motifs is 3. The predicted molar refractivity (Wildman–Crippen MR) is 116 cm³/mol. The van der Waals surface area contributed by atoms with Crippen LogP contribution in [0.15, 0.2) is 18.2 Å². The van der Waals surface area contributed by atoms with Crippen LogP contribution in [0, 0.1) is 0 Å². The summed E-state index contributed by atoms with van der Waals surface area (Å²) in [5.41, 5.74) is 1.72. The normalized spacial score (nSPS) is 27.5. The average molecular weight is 432 g/mol. The van der Waals surface area contributed by atoms with Gasteiger partial charge in [-0.2, -0.15) is 0 Å². The smallest absolute Gasteiger partial charge is 0.238 e. The van der Waals surface area contributed by atoms with Crippen molar-refractivity contribution in [3.05, 3.63) is 23.8 Å². The van der Waals surface area contributed by atoms with Crippen molar-refractivity contribution < 1.29 is 24.2 Å². The minimum absolute atomic E-state index is 0.0101. The van der Waals surface area contributed by atoms with E-state index >= 15 is 0 Å². The van der Waals surface area contributed by atoms with E-state index in [9.17, 15) is 14.7 Å². The minimum atomic E-state index is -0.484. The van der Waals surface area contributed by atoms with Gasteiger partial charge in [0.1, 0.15) is 18.0 Å². The summed E-state index contributed by atoms with van der Waals surface area (Å²) < 4.78 is 12.1. The van der Waals surface area contributed by atoms with Gasteiger partial charge in [-0.25, -0.2) is 0 Å². The molecule has 1 aliphatic carbocycles. The number of likely N-dealkylation sites (N-methyl/N-ethyl adjacent to an activating group) is 1. The highest BCUT2D eigenvalue weighted by atomic mass is 16.6. The van der Waals surface area contributed by atoms with Crippen molar-refractivity contribution in [1.29, 1.82) is 0 Å². The number of aliphatic hydroxyl groups is 1. The second-order valence-corrected chi connectivity index (χ2v) is 9.20. The van der Waals surface area contributed by atoms with Gasteiger partial charge in [-0.1, -0.05) is 12.8 Å². The number of anilines is 1. The molecular weight excluding hydrogens is 398 g/mol. The summed E-state index contributed by atoms with van der Waals surface area (Å²) in [5, 5.41) is 15.9. The lowest BCUT2D eigenvalue weighted by atomic mass is 9.84. The fourth-order valence-corrected chi connectivity index (χ4v) is 5.02. The molecule has 1 saturated carbocycles. The molecule has 2 heterocycles. The van der Waals surface area contributed by atoms with Gasteiger partial charge >= 0.3 is 0 Å². The number of ether oxygens (including phenoxy) is 2. The Kier molecular flexibility index (Phi) is 6.79. The van der Waals surface area contributed by atoms with Gasteiger partial charge in [0.25, 0.3) is 0 Å². The molecule has 0 aromatic heterocycles. The van der Waals surface area contributed by atoms with Gasteiger partial charge in [-0.15, -0.1) is 0 Å². The summed E-state index contributed by atoms with van der Waals surface area (Å²) in [7, 11) is 3.70. The zero-order valence-electron chi connectivity index (χ0n) is 18.3. The van der Waals surface area contributed by atoms with E-state index in [1.807, 2.05) is 37.2 Å². The Balaban J connectivity index is 1.44. The topological polar surface area (TPSA) is 100 Å². The Hall–Kier alpha value is -2.16. The van der Waals surface area contributed by atoms with Crippen molar-refractivity contribution in [2.24, 2.45) is 0 Å². The van der Waals surface area contributed by atoms with E-state index in [1.54, 1.807) is 0 Å². The monoisotopic (exact) mass is 431 g/mol. The van der Waals surface area contributed by atoms with Crippen LogP contribution < -0.4 is 15.4 Å². The van der Waals surface area contributed by atoms with Crippen LogP contribution in [0.3, 0.4) is 0 Å². The first kappa shape index (κ1) is 22.0. The second-order valence-electron chi connectivity index (χ2n) is 9.20. The van der Waals surface area contributed by atoms with Crippen LogP contribution >= 0.6 is 0 Å². The number of nitrogens with zero attached hydrogens (tertiary/aromatic N) is 1. The predicted octanol–water partition coefficient (Wildman–Crippen LogP) is 1.63. The largest absolute Gasteiger partial charge is 0.487 e. The zero-order valence-corrected chi connectivity index (χ0v) is 18.3. The number of aliphatic hydroxyl groups excluding tert-OH is 1. The van der Waals surface area contributed by atoms with Crippen molar-refractivity contribution in [1.82, 2.24) is 10.2 Å². The first-order chi connectivity index (χ1) is 14.9. The van der Waals surface area contributed by atoms with Crippen LogP contribution in [0.1, 0.15) is 50.0 Å². The molecule has 3 N–H and O–H groups in total. The maximum atomic E-state index is 12.5. The number of nitrogens with one attached hydrogen (secondary N) is 2. The first-order valence-corrected chi connectivity index (χ1v) is 11.2. The summed E-state index contributed by atoms with van der Waals surface area (Å²) in [6.07, 6.45) is 4.30. The first-order valence-electron chi connectivity index (χ1n) is 11.2. The van der Waals surface area contributed by atoms with Gasteiger partial charge in [0.05, 0.1) is 25.7 Å². The SMILES string of the molecule is CN(C)CC(=O)Nc1ccc2c(c1)[C@H]1C[C@@H](CC(=O)NC3CCCC3)O[C@@H](CO)[C@H]1O2. The van der Waals surface area contributed by atoms with Crippen molar-refractivity contribution in [3.8, 4) is 5.75 Å².